The van der Waals surface area contributed by atoms with Crippen molar-refractivity contribution in [2.24, 2.45) is 0 Å². The highest BCUT2D eigenvalue weighted by atomic mass is 32.2. The van der Waals surface area contributed by atoms with Gasteiger partial charge in [-0.25, -0.2) is 13.1 Å². The Labute approximate surface area is 103 Å². The molecule has 0 saturated heterocycles. The summed E-state index contributed by atoms with van der Waals surface area (Å²) in [5, 5.41) is 12.7. The zero-order valence-electron chi connectivity index (χ0n) is 9.54. The summed E-state index contributed by atoms with van der Waals surface area (Å²) in [6.45, 7) is 3.83. The third-order valence-electron chi connectivity index (χ3n) is 2.10. The lowest BCUT2D eigenvalue weighted by atomic mass is 10.6. The van der Waals surface area contributed by atoms with Crippen LogP contribution < -0.4 is 4.72 Å². The first-order valence-corrected chi connectivity index (χ1v) is 7.64. The minimum Gasteiger partial charge on any atom is -0.212 e. The molecule has 0 aliphatic rings. The molecular formula is C8H13N5O2S2. The smallest absolute Gasteiger partial charge is 0.212 e. The van der Waals surface area contributed by atoms with Crippen LogP contribution in [-0.2, 0) is 16.6 Å². The Morgan fingerprint density at radius 2 is 2.18 bits per heavy atom. The van der Waals surface area contributed by atoms with Crippen LogP contribution in [0.25, 0.3) is 4.96 Å². The summed E-state index contributed by atoms with van der Waals surface area (Å²) in [4.78, 5) is 0.673. The topological polar surface area (TPSA) is 89.2 Å². The first kappa shape index (κ1) is 12.4. The van der Waals surface area contributed by atoms with E-state index in [2.05, 4.69) is 20.0 Å². The van der Waals surface area contributed by atoms with Crippen molar-refractivity contribution < 1.29 is 8.42 Å². The second-order valence-electron chi connectivity index (χ2n) is 3.58. The van der Waals surface area contributed by atoms with Crippen molar-refractivity contribution in [3.8, 4) is 0 Å². The Kier molecular flexibility index (Phi) is 3.40. The van der Waals surface area contributed by atoms with Gasteiger partial charge in [-0.1, -0.05) is 18.3 Å². The minimum absolute atomic E-state index is 0.135. The lowest BCUT2D eigenvalue weighted by Gasteiger charge is -2.01. The lowest BCUT2D eigenvalue weighted by molar-refractivity contribution is 0.579. The molecule has 0 bridgehead atoms. The second kappa shape index (κ2) is 4.67. The molecular weight excluding hydrogens is 262 g/mol. The lowest BCUT2D eigenvalue weighted by Crippen LogP contribution is -2.25. The fraction of sp³-hybridized carbons (Fsp3) is 0.625. The van der Waals surface area contributed by atoms with Crippen LogP contribution in [0.2, 0.25) is 0 Å². The molecule has 0 aromatic carbocycles. The Bertz CT molecular complexity index is 615. The molecule has 0 aliphatic carbocycles. The van der Waals surface area contributed by atoms with E-state index in [9.17, 15) is 8.42 Å². The fourth-order valence-corrected chi connectivity index (χ4v) is 3.29. The van der Waals surface area contributed by atoms with Crippen molar-refractivity contribution in [1.29, 1.82) is 0 Å². The fourth-order valence-electron chi connectivity index (χ4n) is 1.34. The van der Waals surface area contributed by atoms with Crippen LogP contribution in [0.1, 0.15) is 24.2 Å². The van der Waals surface area contributed by atoms with E-state index in [-0.39, 0.29) is 12.3 Å². The maximum Gasteiger partial charge on any atom is 0.234 e. The Hall–Kier alpha value is -1.06. The molecule has 0 spiro atoms. The summed E-state index contributed by atoms with van der Waals surface area (Å²) >= 11 is 1.33. The summed E-state index contributed by atoms with van der Waals surface area (Å²) in [6.07, 6.45) is 0.597. The van der Waals surface area contributed by atoms with Gasteiger partial charge in [0.25, 0.3) is 0 Å². The van der Waals surface area contributed by atoms with Gasteiger partial charge in [0.05, 0.1) is 12.3 Å². The third kappa shape index (κ3) is 2.79. The predicted molar refractivity (Wildman–Crippen MR) is 64.3 cm³/mol. The highest BCUT2D eigenvalue weighted by Crippen LogP contribution is 2.13. The predicted octanol–water partition coefficient (Wildman–Crippen LogP) is 0.324. The molecule has 0 saturated carbocycles. The van der Waals surface area contributed by atoms with E-state index in [4.69, 9.17) is 0 Å². The molecule has 9 heteroatoms. The maximum absolute atomic E-state index is 11.5. The molecule has 0 unspecified atom stereocenters. The van der Waals surface area contributed by atoms with E-state index in [1.165, 1.54) is 11.3 Å². The maximum atomic E-state index is 11.5. The SMILES string of the molecule is CCCS(=O)(=O)NCc1nn2c(C)nnc2s1. The molecule has 2 heterocycles. The van der Waals surface area contributed by atoms with Crippen LogP contribution in [0.15, 0.2) is 0 Å². The second-order valence-corrected chi connectivity index (χ2v) is 6.54. The molecule has 0 fully saturated rings. The number of nitrogens with zero attached hydrogens (tertiary/aromatic N) is 4. The average Bonchev–Trinajstić information content (AvgIpc) is 2.79. The van der Waals surface area contributed by atoms with Gasteiger partial charge >= 0.3 is 0 Å². The van der Waals surface area contributed by atoms with Crippen LogP contribution in [0.5, 0.6) is 0 Å². The number of hydrogen-bond acceptors (Lipinski definition) is 6. The van der Waals surface area contributed by atoms with Gasteiger partial charge in [0.1, 0.15) is 5.01 Å². The summed E-state index contributed by atoms with van der Waals surface area (Å²) in [7, 11) is -3.19. The number of aromatic nitrogens is 4. The molecule has 2 rings (SSSR count). The van der Waals surface area contributed by atoms with E-state index in [0.29, 0.717) is 22.2 Å². The summed E-state index contributed by atoms with van der Waals surface area (Å²) in [6, 6.07) is 0. The summed E-state index contributed by atoms with van der Waals surface area (Å²) in [5.41, 5.74) is 0. The Morgan fingerprint density at radius 1 is 1.41 bits per heavy atom. The normalized spacial score (nSPS) is 12.4. The average molecular weight is 275 g/mol. The minimum atomic E-state index is -3.19. The van der Waals surface area contributed by atoms with Gasteiger partial charge < -0.3 is 0 Å². The number of fused-ring (bicyclic) bond motifs is 1. The number of sulfonamides is 1. The monoisotopic (exact) mass is 275 g/mol. The van der Waals surface area contributed by atoms with E-state index in [1.54, 1.807) is 11.4 Å². The molecule has 0 radical (unpaired) electrons. The molecule has 0 aliphatic heterocycles. The van der Waals surface area contributed by atoms with Crippen molar-refractivity contribution in [3.63, 3.8) is 0 Å². The van der Waals surface area contributed by atoms with E-state index >= 15 is 0 Å². The quantitative estimate of drug-likeness (QED) is 0.849. The van der Waals surface area contributed by atoms with Crippen LogP contribution >= 0.6 is 11.3 Å². The van der Waals surface area contributed by atoms with Gasteiger partial charge in [-0.05, 0) is 13.3 Å². The Morgan fingerprint density at radius 3 is 2.82 bits per heavy atom. The number of rotatable bonds is 5. The first-order valence-electron chi connectivity index (χ1n) is 5.17. The molecule has 2 aromatic heterocycles. The number of aryl methyl sites for hydroxylation is 1. The van der Waals surface area contributed by atoms with Gasteiger partial charge in [-0.3, -0.25) is 0 Å². The molecule has 17 heavy (non-hydrogen) atoms. The zero-order valence-corrected chi connectivity index (χ0v) is 11.2. The van der Waals surface area contributed by atoms with Crippen molar-refractivity contribution in [3.05, 3.63) is 10.8 Å². The molecule has 2 aromatic rings. The summed E-state index contributed by atoms with van der Waals surface area (Å²) < 4.78 is 27.0. The first-order chi connectivity index (χ1) is 8.02. The molecule has 0 amide bonds. The molecule has 0 atom stereocenters. The van der Waals surface area contributed by atoms with Crippen molar-refractivity contribution >= 4 is 26.3 Å². The van der Waals surface area contributed by atoms with Crippen LogP contribution in [0, 0.1) is 6.92 Å². The van der Waals surface area contributed by atoms with Gasteiger partial charge in [0, 0.05) is 0 Å². The van der Waals surface area contributed by atoms with E-state index < -0.39 is 10.0 Å². The third-order valence-corrected chi connectivity index (χ3v) is 4.53. The van der Waals surface area contributed by atoms with Gasteiger partial charge in [-0.15, -0.1) is 10.2 Å². The highest BCUT2D eigenvalue weighted by molar-refractivity contribution is 7.89. The van der Waals surface area contributed by atoms with Gasteiger partial charge in [-0.2, -0.15) is 9.61 Å². The van der Waals surface area contributed by atoms with E-state index in [0.717, 1.165) is 0 Å². The van der Waals surface area contributed by atoms with Crippen LogP contribution in [-0.4, -0.2) is 34.0 Å². The standard InChI is InChI=1S/C8H13N5O2S2/c1-3-4-17(14,15)9-5-7-12-13-6(2)10-11-8(13)16-7/h9H,3-5H2,1-2H3. The number of nitrogens with one attached hydrogen (secondary N) is 1. The zero-order chi connectivity index (χ0) is 12.5. The van der Waals surface area contributed by atoms with Crippen LogP contribution in [0.4, 0.5) is 0 Å². The van der Waals surface area contributed by atoms with Crippen molar-refractivity contribution in [2.45, 2.75) is 26.8 Å². The van der Waals surface area contributed by atoms with Gasteiger partial charge in [0.2, 0.25) is 15.0 Å². The van der Waals surface area contributed by atoms with Crippen molar-refractivity contribution in [1.82, 2.24) is 24.5 Å². The van der Waals surface area contributed by atoms with E-state index in [1.807, 2.05) is 6.92 Å². The largest absolute Gasteiger partial charge is 0.234 e. The highest BCUT2D eigenvalue weighted by Gasteiger charge is 2.12. The van der Waals surface area contributed by atoms with Crippen LogP contribution in [0.3, 0.4) is 0 Å². The van der Waals surface area contributed by atoms with Gasteiger partial charge in [0.15, 0.2) is 5.82 Å². The summed E-state index contributed by atoms with van der Waals surface area (Å²) in [5.74, 6) is 0.828. The molecule has 1 N–H and O–H groups in total. The molecule has 7 nitrogen and oxygen atoms in total. The molecule has 94 valence electrons. The van der Waals surface area contributed by atoms with Crippen molar-refractivity contribution in [2.75, 3.05) is 5.75 Å². The number of hydrogen-bond donors (Lipinski definition) is 1. The Balaban J connectivity index is 2.09.